The Labute approximate surface area is 101 Å². The maximum atomic E-state index is 5.44. The molecule has 0 fully saturated rings. The number of rotatable bonds is 5. The zero-order valence-electron chi connectivity index (χ0n) is 9.94. The van der Waals surface area contributed by atoms with Crippen LogP contribution in [0.2, 0.25) is 0 Å². The molecule has 0 unspecified atom stereocenters. The summed E-state index contributed by atoms with van der Waals surface area (Å²) in [5, 5.41) is 2.10. The Morgan fingerprint density at radius 3 is 3.00 bits per heavy atom. The first-order chi connectivity index (χ1) is 7.77. The number of nitrogens with two attached hydrogens (primary N) is 1. The van der Waals surface area contributed by atoms with E-state index in [1.165, 1.54) is 4.88 Å². The van der Waals surface area contributed by atoms with Gasteiger partial charge < -0.3 is 4.90 Å². The molecule has 0 spiro atoms. The van der Waals surface area contributed by atoms with Gasteiger partial charge in [-0.25, -0.2) is 5.84 Å². The quantitative estimate of drug-likeness (QED) is 0.354. The highest BCUT2D eigenvalue weighted by Gasteiger charge is 2.04. The zero-order chi connectivity index (χ0) is 11.8. The van der Waals surface area contributed by atoms with Crippen LogP contribution < -0.4 is 11.3 Å². The third kappa shape index (κ3) is 4.20. The first-order valence-electron chi connectivity index (χ1n) is 5.52. The van der Waals surface area contributed by atoms with Crippen molar-refractivity contribution in [2.75, 3.05) is 20.1 Å². The predicted octanol–water partition coefficient (Wildman–Crippen LogP) is 1.45. The van der Waals surface area contributed by atoms with E-state index in [1.807, 2.05) is 7.05 Å². The fourth-order valence-electron chi connectivity index (χ4n) is 1.33. The topological polar surface area (TPSA) is 53.6 Å². The van der Waals surface area contributed by atoms with Gasteiger partial charge in [0.2, 0.25) is 5.96 Å². The second-order valence-electron chi connectivity index (χ2n) is 3.60. The molecule has 90 valence electrons. The van der Waals surface area contributed by atoms with Gasteiger partial charge in [-0.15, -0.1) is 11.3 Å². The molecule has 5 heteroatoms. The van der Waals surface area contributed by atoms with Gasteiger partial charge in [-0.05, 0) is 24.3 Å². The van der Waals surface area contributed by atoms with E-state index in [0.717, 1.165) is 31.9 Å². The Morgan fingerprint density at radius 1 is 1.62 bits per heavy atom. The monoisotopic (exact) mass is 240 g/mol. The molecule has 0 atom stereocenters. The van der Waals surface area contributed by atoms with E-state index >= 15 is 0 Å². The fraction of sp³-hybridized carbons (Fsp3) is 0.545. The van der Waals surface area contributed by atoms with Crippen LogP contribution in [0.3, 0.4) is 0 Å². The molecule has 1 aromatic heterocycles. The van der Waals surface area contributed by atoms with Crippen molar-refractivity contribution in [3.63, 3.8) is 0 Å². The summed E-state index contributed by atoms with van der Waals surface area (Å²) in [6.45, 7) is 3.83. The molecule has 3 N–H and O–H groups in total. The Hall–Kier alpha value is -1.07. The van der Waals surface area contributed by atoms with Crippen molar-refractivity contribution in [3.05, 3.63) is 22.4 Å². The molecular weight excluding hydrogens is 220 g/mol. The minimum atomic E-state index is 0.762. The number of guanidine groups is 1. The van der Waals surface area contributed by atoms with Gasteiger partial charge in [0, 0.05) is 25.0 Å². The maximum Gasteiger partial charge on any atom is 0.208 e. The molecule has 4 nitrogen and oxygen atoms in total. The summed E-state index contributed by atoms with van der Waals surface area (Å²) in [5.74, 6) is 6.21. The molecular formula is C11H20N4S. The average Bonchev–Trinajstić information content (AvgIpc) is 2.80. The molecule has 0 saturated heterocycles. The van der Waals surface area contributed by atoms with E-state index in [-0.39, 0.29) is 0 Å². The van der Waals surface area contributed by atoms with Crippen LogP contribution in [-0.4, -0.2) is 31.0 Å². The zero-order valence-corrected chi connectivity index (χ0v) is 10.8. The first-order valence-corrected chi connectivity index (χ1v) is 6.40. The SMILES string of the molecule is CCCN=C(NN)N(C)CCc1cccs1. The molecule has 0 radical (unpaired) electrons. The Morgan fingerprint density at radius 2 is 2.44 bits per heavy atom. The van der Waals surface area contributed by atoms with Gasteiger partial charge in [0.15, 0.2) is 0 Å². The van der Waals surface area contributed by atoms with Gasteiger partial charge in [0.25, 0.3) is 0 Å². The molecule has 0 aliphatic carbocycles. The summed E-state index contributed by atoms with van der Waals surface area (Å²) >= 11 is 1.78. The minimum Gasteiger partial charge on any atom is -0.345 e. The molecule has 1 aromatic rings. The number of hydrogen-bond donors (Lipinski definition) is 2. The number of likely N-dealkylation sites (N-methyl/N-ethyl adjacent to an activating group) is 1. The number of hydrazine groups is 1. The van der Waals surface area contributed by atoms with Crippen LogP contribution in [0.15, 0.2) is 22.5 Å². The van der Waals surface area contributed by atoms with E-state index in [1.54, 1.807) is 11.3 Å². The summed E-state index contributed by atoms with van der Waals surface area (Å²) in [7, 11) is 2.00. The van der Waals surface area contributed by atoms with Crippen molar-refractivity contribution in [3.8, 4) is 0 Å². The molecule has 0 aliphatic heterocycles. The third-order valence-corrected chi connectivity index (χ3v) is 3.19. The Kier molecular flexibility index (Phi) is 5.88. The van der Waals surface area contributed by atoms with Crippen molar-refractivity contribution in [2.24, 2.45) is 10.8 Å². The Balaban J connectivity index is 2.40. The van der Waals surface area contributed by atoms with Gasteiger partial charge in [0.1, 0.15) is 0 Å². The van der Waals surface area contributed by atoms with Crippen molar-refractivity contribution in [1.29, 1.82) is 0 Å². The summed E-state index contributed by atoms with van der Waals surface area (Å²) < 4.78 is 0. The summed E-state index contributed by atoms with van der Waals surface area (Å²) in [4.78, 5) is 7.81. The van der Waals surface area contributed by atoms with Crippen LogP contribution in [0.1, 0.15) is 18.2 Å². The van der Waals surface area contributed by atoms with Crippen LogP contribution in [-0.2, 0) is 6.42 Å². The third-order valence-electron chi connectivity index (χ3n) is 2.25. The lowest BCUT2D eigenvalue weighted by Gasteiger charge is -2.20. The van der Waals surface area contributed by atoms with Crippen molar-refractivity contribution < 1.29 is 0 Å². The van der Waals surface area contributed by atoms with Gasteiger partial charge in [-0.3, -0.25) is 10.4 Å². The first kappa shape index (κ1) is 13.0. The molecule has 0 amide bonds. The van der Waals surface area contributed by atoms with Gasteiger partial charge >= 0.3 is 0 Å². The second kappa shape index (κ2) is 7.24. The molecule has 16 heavy (non-hydrogen) atoms. The van der Waals surface area contributed by atoms with E-state index in [9.17, 15) is 0 Å². The molecule has 1 rings (SSSR count). The number of hydrogen-bond acceptors (Lipinski definition) is 3. The van der Waals surface area contributed by atoms with Gasteiger partial charge in [-0.1, -0.05) is 13.0 Å². The van der Waals surface area contributed by atoms with Crippen LogP contribution in [0.4, 0.5) is 0 Å². The lowest BCUT2D eigenvalue weighted by atomic mass is 10.3. The summed E-state index contributed by atoms with van der Waals surface area (Å²) in [5.41, 5.74) is 2.65. The van der Waals surface area contributed by atoms with E-state index in [0.29, 0.717) is 0 Å². The van der Waals surface area contributed by atoms with Crippen LogP contribution in [0, 0.1) is 0 Å². The lowest BCUT2D eigenvalue weighted by Crippen LogP contribution is -2.43. The van der Waals surface area contributed by atoms with E-state index < -0.39 is 0 Å². The average molecular weight is 240 g/mol. The van der Waals surface area contributed by atoms with Gasteiger partial charge in [-0.2, -0.15) is 0 Å². The Bertz CT molecular complexity index is 308. The van der Waals surface area contributed by atoms with Crippen molar-refractivity contribution >= 4 is 17.3 Å². The molecule has 0 aliphatic rings. The van der Waals surface area contributed by atoms with Crippen LogP contribution in [0.5, 0.6) is 0 Å². The lowest BCUT2D eigenvalue weighted by molar-refractivity contribution is 0.486. The smallest absolute Gasteiger partial charge is 0.208 e. The highest BCUT2D eigenvalue weighted by molar-refractivity contribution is 7.09. The number of thiophene rings is 1. The normalized spacial score (nSPS) is 11.6. The standard InChI is InChI=1S/C11H20N4S/c1-3-7-13-11(14-12)15(2)8-6-10-5-4-9-16-10/h4-5,9H,3,6-8,12H2,1-2H3,(H,13,14). The fourth-order valence-corrected chi connectivity index (χ4v) is 2.03. The largest absolute Gasteiger partial charge is 0.345 e. The molecule has 0 aromatic carbocycles. The van der Waals surface area contributed by atoms with E-state index in [4.69, 9.17) is 5.84 Å². The number of aliphatic imine (C=N–C) groups is 1. The minimum absolute atomic E-state index is 0.762. The maximum absolute atomic E-state index is 5.44. The van der Waals surface area contributed by atoms with Crippen LogP contribution >= 0.6 is 11.3 Å². The summed E-state index contributed by atoms with van der Waals surface area (Å²) in [6.07, 6.45) is 2.06. The highest BCUT2D eigenvalue weighted by Crippen LogP contribution is 2.09. The molecule has 0 bridgehead atoms. The van der Waals surface area contributed by atoms with Gasteiger partial charge in [0.05, 0.1) is 0 Å². The van der Waals surface area contributed by atoms with E-state index in [2.05, 4.69) is 39.8 Å². The number of nitrogens with zero attached hydrogens (tertiary/aromatic N) is 2. The second-order valence-corrected chi connectivity index (χ2v) is 4.63. The van der Waals surface area contributed by atoms with Crippen LogP contribution in [0.25, 0.3) is 0 Å². The van der Waals surface area contributed by atoms with Crippen molar-refractivity contribution in [1.82, 2.24) is 10.3 Å². The predicted molar refractivity (Wildman–Crippen MR) is 70.6 cm³/mol. The number of nitrogens with one attached hydrogen (secondary N) is 1. The van der Waals surface area contributed by atoms with Crippen molar-refractivity contribution in [2.45, 2.75) is 19.8 Å². The molecule has 1 heterocycles. The summed E-state index contributed by atoms with van der Waals surface area (Å²) in [6, 6.07) is 4.23. The highest BCUT2D eigenvalue weighted by atomic mass is 32.1. The molecule has 0 saturated carbocycles.